The Hall–Kier alpha value is -8.61. The molecule has 0 spiro atoms. The quantitative estimate of drug-likeness (QED) is 0.0112. The molecule has 111 heavy (non-hydrogen) atoms. The average Bonchev–Trinajstić information content (AvgIpc) is 0.817. The van der Waals surface area contributed by atoms with Crippen molar-refractivity contribution >= 4 is 77.0 Å². The molecule has 610 valence electrons. The number of allylic oxidation sites excluding steroid dienone is 10. The van der Waals surface area contributed by atoms with Gasteiger partial charge in [-0.05, 0) is 189 Å². The molecule has 6 aromatic carbocycles. The summed E-state index contributed by atoms with van der Waals surface area (Å²) in [5.41, 5.74) is 5.05. The number of hydrogen-bond acceptors (Lipinski definition) is 20. The van der Waals surface area contributed by atoms with Gasteiger partial charge in [-0.1, -0.05) is 172 Å². The van der Waals surface area contributed by atoms with Crippen LogP contribution >= 0.6 is 15.2 Å². The zero-order chi connectivity index (χ0) is 83.9. The van der Waals surface area contributed by atoms with E-state index in [2.05, 4.69) is 126 Å². The number of methoxy groups -OCH3 is 6. The van der Waals surface area contributed by atoms with Crippen molar-refractivity contribution in [2.24, 2.45) is 0 Å². The number of benzene rings is 6. The molecule has 0 atom stereocenters. The van der Waals surface area contributed by atoms with Crippen LogP contribution in [0.25, 0.3) is 24.3 Å². The van der Waals surface area contributed by atoms with Crippen LogP contribution in [-0.2, 0) is 27.2 Å². The summed E-state index contributed by atoms with van der Waals surface area (Å²) in [6.45, 7) is 41.6. The summed E-state index contributed by atoms with van der Waals surface area (Å²) in [5.74, 6) is 5.97. The number of phenols is 3. The maximum atomic E-state index is 12.2. The van der Waals surface area contributed by atoms with Gasteiger partial charge in [0.05, 0.1) is 81.4 Å². The molecule has 25 heteroatoms. The van der Waals surface area contributed by atoms with E-state index in [9.17, 15) is 28.9 Å². The van der Waals surface area contributed by atoms with Gasteiger partial charge in [0.25, 0.3) is 25.0 Å². The second-order valence-corrected chi connectivity index (χ2v) is 47.7. The molecule has 3 N–H and O–H groups in total. The lowest BCUT2D eigenvalue weighted by molar-refractivity contribution is 0.111. The molecule has 0 radical (unpaired) electrons. The Kier molecular flexibility index (Phi) is 42.3. The number of rotatable bonds is 34. The maximum absolute atomic E-state index is 12.2. The summed E-state index contributed by atoms with van der Waals surface area (Å²) >= 11 is 0. The first-order chi connectivity index (χ1) is 52.1. The second-order valence-electron chi connectivity index (χ2n) is 29.3. The van der Waals surface area contributed by atoms with Gasteiger partial charge in [0.15, 0.2) is 51.7 Å². The highest BCUT2D eigenvalue weighted by molar-refractivity contribution is 7.54. The zero-order valence-corrected chi connectivity index (χ0v) is 74.8. The molecule has 6 aromatic rings. The molecule has 0 bridgehead atoms. The van der Waals surface area contributed by atoms with Gasteiger partial charge in [0.2, 0.25) is 0 Å². The standard InChI is InChI=1S/C32H48O4Si2.C20H20O4.C14H22O3Si.C12H26O6P2.C8H8O3/c1-31(2,3)37(9,10)35-27-21-19-25(23-29(27)33-7)17-15-13-14-16-18-26-20-22-28(30(24-26)34-8)36-38(11,12)32(4,5)6;1-23-19-13-15(9-11-17(19)21)7-5-3-4-6-8-16-10-12-18(22)20(14-16)24-2;1-14(2,3)18(5,6)17-12-8-7-11(10-15)9-13(12)16-4;1-5-15-19(13,16-6-2)11-9-10-12-20(14,17-7-3)18-8-4;1-11-8-4-6(5-9)2-3-7(8)10/h13-24H,1-12H3;3-14,21-22H,1-2H3;7-10H,1-6H3;9-10H,5-8,11-12H2,1-4H3;2-5,10H,1H3/b14-13+,17-15+,18-16+;4-3+,7-5+,8-6+;;10-9+;. The number of hydrogen-bond donors (Lipinski definition) is 3. The first-order valence-electron chi connectivity index (χ1n) is 36.6. The molecule has 0 saturated carbocycles. The summed E-state index contributed by atoms with van der Waals surface area (Å²) in [5, 5.41) is 28.6. The Bertz CT molecular complexity index is 3960. The van der Waals surface area contributed by atoms with Crippen molar-refractivity contribution < 1.29 is 93.8 Å². The number of aromatic hydroxyl groups is 3. The molecule has 0 heterocycles. The highest BCUT2D eigenvalue weighted by Crippen LogP contribution is 2.51. The van der Waals surface area contributed by atoms with Gasteiger partial charge in [0.1, 0.15) is 29.8 Å². The van der Waals surface area contributed by atoms with Gasteiger partial charge in [0, 0.05) is 11.1 Å². The van der Waals surface area contributed by atoms with Crippen LogP contribution in [0.1, 0.15) is 133 Å². The van der Waals surface area contributed by atoms with E-state index in [4.69, 9.17) is 64.9 Å². The fraction of sp³-hybridized carbons (Fsp3) is 0.395. The molecule has 0 amide bonds. The number of aldehydes is 2. The van der Waals surface area contributed by atoms with E-state index in [-0.39, 0.29) is 44.7 Å². The van der Waals surface area contributed by atoms with Gasteiger partial charge in [-0.3, -0.25) is 18.7 Å². The zero-order valence-electron chi connectivity index (χ0n) is 70.0. The van der Waals surface area contributed by atoms with E-state index in [1.54, 1.807) is 110 Å². The molecule has 0 aliphatic carbocycles. The minimum absolute atomic E-state index is 0.0399. The summed E-state index contributed by atoms with van der Waals surface area (Å²) in [4.78, 5) is 21.0. The molecular weight excluding hydrogens is 1500 g/mol. The van der Waals surface area contributed by atoms with Gasteiger partial charge in [-0.15, -0.1) is 0 Å². The lowest BCUT2D eigenvalue weighted by Gasteiger charge is -2.36. The lowest BCUT2D eigenvalue weighted by Crippen LogP contribution is -2.43. The molecule has 20 nitrogen and oxygen atoms in total. The van der Waals surface area contributed by atoms with Gasteiger partial charge < -0.3 is 75.1 Å². The Morgan fingerprint density at radius 3 is 0.748 bits per heavy atom. The van der Waals surface area contributed by atoms with E-state index >= 15 is 0 Å². The third-order valence-corrected chi connectivity index (χ3v) is 34.9. The number of carbonyl (C=O) groups excluding carboxylic acids is 2. The van der Waals surface area contributed by atoms with Crippen molar-refractivity contribution in [1.82, 2.24) is 0 Å². The van der Waals surface area contributed by atoms with E-state index in [1.807, 2.05) is 91.1 Å². The van der Waals surface area contributed by atoms with Crippen LogP contribution in [0.5, 0.6) is 69.0 Å². The van der Waals surface area contributed by atoms with Crippen molar-refractivity contribution in [2.45, 2.75) is 144 Å². The molecule has 0 fully saturated rings. The highest BCUT2D eigenvalue weighted by atomic mass is 31.2. The Balaban J connectivity index is 0.000000498. The fourth-order valence-electron chi connectivity index (χ4n) is 8.64. The normalized spacial score (nSPS) is 12.4. The lowest BCUT2D eigenvalue weighted by atomic mass is 10.1. The van der Waals surface area contributed by atoms with Crippen LogP contribution in [0.2, 0.25) is 54.4 Å². The smallest absolute Gasteiger partial charge is 0.334 e. The van der Waals surface area contributed by atoms with Crippen LogP contribution in [0.15, 0.2) is 170 Å². The Labute approximate surface area is 665 Å². The maximum Gasteiger partial charge on any atom is 0.334 e. The fourth-order valence-corrected chi connectivity index (χ4v) is 14.7. The molecule has 0 aliphatic heterocycles. The Morgan fingerprint density at radius 1 is 0.315 bits per heavy atom. The van der Waals surface area contributed by atoms with Crippen LogP contribution in [0, 0.1) is 0 Å². The topological polar surface area (TPSA) is 249 Å². The van der Waals surface area contributed by atoms with Crippen molar-refractivity contribution in [1.29, 1.82) is 0 Å². The molecular formula is C86H124O20P2Si3. The van der Waals surface area contributed by atoms with Crippen LogP contribution in [-0.4, -0.2) is 134 Å². The average molecular weight is 1620 g/mol. The Morgan fingerprint density at radius 2 is 0.523 bits per heavy atom. The van der Waals surface area contributed by atoms with E-state index in [0.29, 0.717) is 66.8 Å². The van der Waals surface area contributed by atoms with Crippen molar-refractivity contribution in [2.75, 3.05) is 81.4 Å². The van der Waals surface area contributed by atoms with Crippen LogP contribution in [0.4, 0.5) is 0 Å². The van der Waals surface area contributed by atoms with Crippen molar-refractivity contribution in [3.8, 4) is 69.0 Å². The molecule has 6 rings (SSSR count). The second kappa shape index (κ2) is 47.7. The molecule has 0 saturated heterocycles. The van der Waals surface area contributed by atoms with Crippen molar-refractivity contribution in [3.05, 3.63) is 203 Å². The summed E-state index contributed by atoms with van der Waals surface area (Å²) < 4.78 is 95.5. The van der Waals surface area contributed by atoms with Crippen LogP contribution < -0.4 is 41.7 Å². The van der Waals surface area contributed by atoms with Gasteiger partial charge >= 0.3 is 15.2 Å². The van der Waals surface area contributed by atoms with Crippen LogP contribution in [0.3, 0.4) is 0 Å². The largest absolute Gasteiger partial charge is 0.541 e. The minimum atomic E-state index is -3.09. The summed E-state index contributed by atoms with van der Waals surface area (Å²) in [7, 11) is -2.51. The van der Waals surface area contributed by atoms with Gasteiger partial charge in [-0.2, -0.15) is 0 Å². The SMILES string of the molecule is CCOP(=O)(C/C=C/CP(=O)(OCC)OCC)OCC.COc1cc(/C=C/C=C/C=C/c2ccc(O)c(OC)c2)ccc1O.COc1cc(/C=C/C=C/C=C/c2ccc(O[Si](C)(C)C(C)(C)C)c(OC)c2)ccc1O[Si](C)(C)C(C)(C)C.COc1cc(C=O)ccc1O.COc1cc(C=O)ccc1O[Si](C)(C)C(C)(C)C. The van der Waals surface area contributed by atoms with E-state index in [1.165, 1.54) is 39.5 Å². The third kappa shape index (κ3) is 34.5. The predicted molar refractivity (Wildman–Crippen MR) is 462 cm³/mol. The summed E-state index contributed by atoms with van der Waals surface area (Å²) in [6.07, 6.45) is 28.6. The van der Waals surface area contributed by atoms with E-state index < -0.39 is 40.1 Å². The number of carbonyl (C=O) groups is 2. The van der Waals surface area contributed by atoms with Crippen molar-refractivity contribution in [3.63, 3.8) is 0 Å². The number of phenolic OH excluding ortho intramolecular Hbond substituents is 3. The summed E-state index contributed by atoms with van der Waals surface area (Å²) in [6, 6.07) is 32.2. The van der Waals surface area contributed by atoms with Gasteiger partial charge in [-0.25, -0.2) is 0 Å². The first-order valence-corrected chi connectivity index (χ1v) is 48.8. The molecule has 0 aliphatic rings. The minimum Gasteiger partial charge on any atom is -0.541 e. The monoisotopic (exact) mass is 1620 g/mol. The molecule has 0 unspecified atom stereocenters. The first kappa shape index (κ1) is 98.5. The highest BCUT2D eigenvalue weighted by Gasteiger charge is 2.42. The predicted octanol–water partition coefficient (Wildman–Crippen LogP) is 23.3. The third-order valence-electron chi connectivity index (χ3n) is 17.9. The number of ether oxygens (including phenoxy) is 6. The molecule has 0 aromatic heterocycles. The van der Waals surface area contributed by atoms with E-state index in [0.717, 1.165) is 57.3 Å².